The number of rotatable bonds is 7. The number of pyridine rings is 1. The van der Waals surface area contributed by atoms with Crippen molar-refractivity contribution in [1.82, 2.24) is 10.3 Å². The number of carbonyl (C=O) groups is 1. The molecule has 1 aromatic carbocycles. The molecule has 1 aromatic heterocycles. The lowest BCUT2D eigenvalue weighted by Gasteiger charge is -2.23. The number of nitrogens with zero attached hydrogens (tertiary/aromatic N) is 1. The molecular weight excluding hydrogens is 397 g/mol. The number of amides is 1. The van der Waals surface area contributed by atoms with E-state index in [2.05, 4.69) is 10.3 Å². The zero-order valence-electron chi connectivity index (χ0n) is 15.2. The van der Waals surface area contributed by atoms with Crippen molar-refractivity contribution in [1.29, 1.82) is 0 Å². The molecule has 1 amide bonds. The Morgan fingerprint density at radius 3 is 2.29 bits per heavy atom. The summed E-state index contributed by atoms with van der Waals surface area (Å²) in [5, 5.41) is 1.84. The first kappa shape index (κ1) is 21.7. The summed E-state index contributed by atoms with van der Waals surface area (Å²) in [5.41, 5.74) is -1.08. The Morgan fingerprint density at radius 2 is 1.75 bits per heavy atom. The molecule has 0 aliphatic heterocycles. The summed E-state index contributed by atoms with van der Waals surface area (Å²) in [6.07, 6.45) is -4.21. The Hall–Kier alpha value is -2.62. The van der Waals surface area contributed by atoms with E-state index in [0.717, 1.165) is 19.9 Å². The van der Waals surface area contributed by atoms with Crippen molar-refractivity contribution in [3.63, 3.8) is 0 Å². The fourth-order valence-electron chi connectivity index (χ4n) is 2.15. The van der Waals surface area contributed by atoms with E-state index in [1.165, 1.54) is 0 Å². The van der Waals surface area contributed by atoms with Crippen LogP contribution in [0.5, 0.6) is 5.75 Å². The van der Waals surface area contributed by atoms with E-state index in [1.807, 2.05) is 6.07 Å². The van der Waals surface area contributed by atoms with E-state index >= 15 is 0 Å². The average molecular weight is 416 g/mol. The van der Waals surface area contributed by atoms with Crippen LogP contribution in [0.2, 0.25) is 0 Å². The Kier molecular flexibility index (Phi) is 6.33. The molecule has 0 fully saturated rings. The van der Waals surface area contributed by atoms with Crippen LogP contribution >= 0.6 is 0 Å². The summed E-state index contributed by atoms with van der Waals surface area (Å²) in [7, 11) is -4.32. The van der Waals surface area contributed by atoms with Gasteiger partial charge in [-0.15, -0.1) is 0 Å². The minimum atomic E-state index is -4.64. The van der Waals surface area contributed by atoms with Crippen LogP contribution in [0.1, 0.15) is 19.4 Å². The van der Waals surface area contributed by atoms with Gasteiger partial charge in [0.25, 0.3) is 0 Å². The lowest BCUT2D eigenvalue weighted by molar-refractivity contribution is -0.137. The summed E-state index contributed by atoms with van der Waals surface area (Å²) in [4.78, 5) is 15.8. The predicted molar refractivity (Wildman–Crippen MR) is 95.5 cm³/mol. The lowest BCUT2D eigenvalue weighted by atomic mass is 10.2. The normalized spacial score (nSPS) is 12.5. The van der Waals surface area contributed by atoms with Crippen LogP contribution in [-0.4, -0.2) is 37.2 Å². The number of aromatic nitrogens is 1. The number of hydrogen-bond donors (Lipinski definition) is 1. The Morgan fingerprint density at radius 1 is 1.11 bits per heavy atom. The minimum absolute atomic E-state index is 0.0487. The molecule has 1 N–H and O–H groups in total. The van der Waals surface area contributed by atoms with Crippen molar-refractivity contribution in [2.24, 2.45) is 0 Å². The average Bonchev–Trinajstić information content (AvgIpc) is 2.65. The van der Waals surface area contributed by atoms with Crippen molar-refractivity contribution in [3.05, 3.63) is 54.2 Å². The number of carbonyl (C=O) groups excluding carboxylic acids is 1. The lowest BCUT2D eigenvalue weighted by Crippen LogP contribution is -2.49. The third-order valence-electron chi connectivity index (χ3n) is 3.96. The van der Waals surface area contributed by atoms with Gasteiger partial charge in [0.1, 0.15) is 12.4 Å². The molecule has 0 aliphatic carbocycles. The zero-order chi connectivity index (χ0) is 21.0. The predicted octanol–water partition coefficient (Wildman–Crippen LogP) is 2.85. The van der Waals surface area contributed by atoms with Crippen LogP contribution in [0.3, 0.4) is 0 Å². The number of hydrogen-bond acceptors (Lipinski definition) is 5. The van der Waals surface area contributed by atoms with Crippen molar-refractivity contribution < 1.29 is 31.1 Å². The molecule has 2 rings (SSSR count). The maximum Gasteiger partial charge on any atom is 0.417 e. The molecule has 1 heterocycles. The molecule has 2 aromatic rings. The number of sulfone groups is 1. The summed E-state index contributed by atoms with van der Waals surface area (Å²) in [5.74, 6) is -0.219. The number of benzene rings is 1. The maximum absolute atomic E-state index is 12.7. The molecule has 0 atom stereocenters. The van der Waals surface area contributed by atoms with Crippen molar-refractivity contribution in [2.75, 3.05) is 13.2 Å². The van der Waals surface area contributed by atoms with E-state index in [4.69, 9.17) is 4.74 Å². The smallest absolute Gasteiger partial charge is 0.417 e. The molecule has 152 valence electrons. The number of para-hydroxylation sites is 1. The van der Waals surface area contributed by atoms with E-state index in [1.54, 1.807) is 24.3 Å². The molecule has 0 bridgehead atoms. The monoisotopic (exact) mass is 416 g/mol. The van der Waals surface area contributed by atoms with E-state index in [0.29, 0.717) is 18.0 Å². The van der Waals surface area contributed by atoms with Crippen LogP contribution in [-0.2, 0) is 20.8 Å². The highest BCUT2D eigenvalue weighted by Crippen LogP contribution is 2.30. The van der Waals surface area contributed by atoms with Gasteiger partial charge >= 0.3 is 6.18 Å². The first-order valence-electron chi connectivity index (χ1n) is 8.20. The molecule has 0 unspecified atom stereocenters. The largest absolute Gasteiger partial charge is 0.492 e. The quantitative estimate of drug-likeness (QED) is 0.702. The summed E-state index contributed by atoms with van der Waals surface area (Å²) >= 11 is 0. The molecular formula is C18H19F3N2O4S. The van der Waals surface area contributed by atoms with Crippen LogP contribution in [0, 0.1) is 0 Å². The van der Waals surface area contributed by atoms with Gasteiger partial charge in [0.15, 0.2) is 9.77 Å². The maximum atomic E-state index is 12.7. The highest BCUT2D eigenvalue weighted by Gasteiger charge is 2.44. The van der Waals surface area contributed by atoms with Gasteiger partial charge in [-0.1, -0.05) is 18.2 Å². The van der Waals surface area contributed by atoms with Crippen LogP contribution in [0.4, 0.5) is 13.2 Å². The standard InChI is InChI=1S/C18H19F3N2O4S/c1-17(2,16(24)22-10-11-27-14-6-4-3-5-7-14)28(25,26)15-9-8-13(12-23-15)18(19,20)21/h3-9,12H,10-11H2,1-2H3,(H,22,24). The minimum Gasteiger partial charge on any atom is -0.492 e. The molecule has 6 nitrogen and oxygen atoms in total. The van der Waals surface area contributed by atoms with Crippen molar-refractivity contribution in [3.8, 4) is 5.75 Å². The van der Waals surface area contributed by atoms with Gasteiger partial charge in [0.05, 0.1) is 12.1 Å². The van der Waals surface area contributed by atoms with Gasteiger partial charge in [-0.2, -0.15) is 13.2 Å². The Bertz CT molecular complexity index is 912. The van der Waals surface area contributed by atoms with Crippen LogP contribution in [0.15, 0.2) is 53.7 Å². The van der Waals surface area contributed by atoms with Crippen molar-refractivity contribution in [2.45, 2.75) is 29.8 Å². The zero-order valence-corrected chi connectivity index (χ0v) is 16.0. The van der Waals surface area contributed by atoms with Crippen molar-refractivity contribution >= 4 is 15.7 Å². The third-order valence-corrected chi connectivity index (χ3v) is 6.28. The third kappa shape index (κ3) is 4.80. The van der Waals surface area contributed by atoms with Crippen LogP contribution < -0.4 is 10.1 Å². The Balaban J connectivity index is 2.03. The summed E-state index contributed by atoms with van der Waals surface area (Å²) < 4.78 is 66.6. The fraction of sp³-hybridized carbons (Fsp3) is 0.333. The van der Waals surface area contributed by atoms with Gasteiger partial charge in [-0.05, 0) is 38.1 Å². The van der Waals surface area contributed by atoms with E-state index < -0.39 is 37.3 Å². The molecule has 0 saturated carbocycles. The number of ether oxygens (including phenoxy) is 1. The van der Waals surface area contributed by atoms with Crippen LogP contribution in [0.25, 0.3) is 0 Å². The summed E-state index contributed by atoms with van der Waals surface area (Å²) in [6, 6.07) is 10.2. The van der Waals surface area contributed by atoms with E-state index in [9.17, 15) is 26.4 Å². The highest BCUT2D eigenvalue weighted by atomic mass is 32.2. The van der Waals surface area contributed by atoms with Gasteiger partial charge in [-0.3, -0.25) is 4.79 Å². The van der Waals surface area contributed by atoms with Gasteiger partial charge in [-0.25, -0.2) is 13.4 Å². The second-order valence-corrected chi connectivity index (χ2v) is 8.76. The number of nitrogens with one attached hydrogen (secondary N) is 1. The molecule has 0 aliphatic rings. The highest BCUT2D eigenvalue weighted by molar-refractivity contribution is 7.93. The molecule has 10 heteroatoms. The van der Waals surface area contributed by atoms with Gasteiger partial charge < -0.3 is 10.1 Å². The first-order valence-corrected chi connectivity index (χ1v) is 9.68. The Labute approximate surface area is 160 Å². The molecule has 0 spiro atoms. The summed E-state index contributed by atoms with van der Waals surface area (Å²) in [6.45, 7) is 2.49. The SMILES string of the molecule is CC(C)(C(=O)NCCOc1ccccc1)S(=O)(=O)c1ccc(C(F)(F)F)cn1. The second kappa shape index (κ2) is 8.17. The fourth-order valence-corrected chi connectivity index (χ4v) is 3.43. The molecule has 0 radical (unpaired) electrons. The topological polar surface area (TPSA) is 85.4 Å². The number of alkyl halides is 3. The van der Waals surface area contributed by atoms with E-state index in [-0.39, 0.29) is 13.2 Å². The first-order chi connectivity index (χ1) is 13.0. The van der Waals surface area contributed by atoms with Gasteiger partial charge in [0.2, 0.25) is 15.7 Å². The van der Waals surface area contributed by atoms with Gasteiger partial charge in [0, 0.05) is 6.20 Å². The molecule has 28 heavy (non-hydrogen) atoms. The molecule has 0 saturated heterocycles. The number of halogens is 3. The second-order valence-electron chi connectivity index (χ2n) is 6.31.